The molecule has 2 aromatic rings. The number of nitrogens with zero attached hydrogens (tertiary/aromatic N) is 1. The molecule has 0 N–H and O–H groups in total. The van der Waals surface area contributed by atoms with Crippen molar-refractivity contribution in [2.75, 3.05) is 7.11 Å². The number of hydrogen-bond donors (Lipinski definition) is 0. The number of aryl methyl sites for hydroxylation is 1. The third kappa shape index (κ3) is 3.30. The molecule has 0 bridgehead atoms. The first-order chi connectivity index (χ1) is 10.6. The summed E-state index contributed by atoms with van der Waals surface area (Å²) in [5.74, 6) is -0.714. The summed E-state index contributed by atoms with van der Waals surface area (Å²) in [6.07, 6.45) is 1.52. The molecule has 110 valence electrons. The highest BCUT2D eigenvalue weighted by atomic mass is 32.1. The van der Waals surface area contributed by atoms with Gasteiger partial charge < -0.3 is 4.74 Å². The van der Waals surface area contributed by atoms with Gasteiger partial charge in [0.2, 0.25) is 5.78 Å². The third-order valence-corrected chi connectivity index (χ3v) is 4.09. The molecular weight excluding hydrogens is 298 g/mol. The Labute approximate surface area is 132 Å². The zero-order valence-corrected chi connectivity index (χ0v) is 12.9. The van der Waals surface area contributed by atoms with Gasteiger partial charge in [-0.25, -0.2) is 4.79 Å². The first kappa shape index (κ1) is 15.7. The van der Waals surface area contributed by atoms with Crippen LogP contribution in [-0.2, 0) is 4.74 Å². The van der Waals surface area contributed by atoms with Crippen LogP contribution in [0.5, 0.6) is 0 Å². The maximum atomic E-state index is 12.3. The molecule has 1 aromatic carbocycles. The molecule has 0 radical (unpaired) electrons. The Morgan fingerprint density at radius 3 is 2.41 bits per heavy atom. The van der Waals surface area contributed by atoms with Crippen molar-refractivity contribution < 1.29 is 14.3 Å². The van der Waals surface area contributed by atoms with Gasteiger partial charge in [0.15, 0.2) is 0 Å². The van der Waals surface area contributed by atoms with E-state index in [0.717, 1.165) is 5.56 Å². The van der Waals surface area contributed by atoms with Gasteiger partial charge in [0.05, 0.1) is 17.6 Å². The number of carbonyl (C=O) groups excluding carboxylic acids is 2. The number of carbonyl (C=O) groups is 2. The number of esters is 1. The maximum Gasteiger partial charge on any atom is 0.337 e. The smallest absolute Gasteiger partial charge is 0.337 e. The fourth-order valence-electron chi connectivity index (χ4n) is 1.88. The minimum absolute atomic E-state index is 0.0661. The molecule has 2 rings (SSSR count). The molecular formula is C17H13NO3S. The molecule has 0 aliphatic carbocycles. The first-order valence-electron chi connectivity index (χ1n) is 6.45. The molecule has 0 amide bonds. The second kappa shape index (κ2) is 6.83. The van der Waals surface area contributed by atoms with Crippen molar-refractivity contribution in [1.82, 2.24) is 0 Å². The van der Waals surface area contributed by atoms with Gasteiger partial charge in [-0.2, -0.15) is 5.26 Å². The van der Waals surface area contributed by atoms with Crippen LogP contribution in [0, 0.1) is 18.3 Å². The normalized spacial score (nSPS) is 10.9. The summed E-state index contributed by atoms with van der Waals surface area (Å²) in [5, 5.41) is 11.0. The van der Waals surface area contributed by atoms with Crippen LogP contribution in [0.15, 0.2) is 41.3 Å². The first-order valence-corrected chi connectivity index (χ1v) is 7.33. The molecule has 1 aromatic heterocycles. The predicted molar refractivity (Wildman–Crippen MR) is 84.8 cm³/mol. The fourth-order valence-corrected chi connectivity index (χ4v) is 2.76. The van der Waals surface area contributed by atoms with Gasteiger partial charge >= 0.3 is 5.97 Å². The van der Waals surface area contributed by atoms with Crippen LogP contribution >= 0.6 is 11.3 Å². The standard InChI is InChI=1S/C17H13NO3S/c1-11-7-8-22-16(11)15(19)14(10-18)9-12-3-5-13(6-4-12)17(20)21-2/h3-9H,1-2H3/b14-9-. The van der Waals surface area contributed by atoms with Crippen LogP contribution in [0.3, 0.4) is 0 Å². The zero-order chi connectivity index (χ0) is 16.1. The van der Waals surface area contributed by atoms with Crippen molar-refractivity contribution in [2.24, 2.45) is 0 Å². The summed E-state index contributed by atoms with van der Waals surface area (Å²) >= 11 is 1.32. The monoisotopic (exact) mass is 311 g/mol. The minimum Gasteiger partial charge on any atom is -0.465 e. The SMILES string of the molecule is COC(=O)c1ccc(/C=C(/C#N)C(=O)c2sccc2C)cc1. The molecule has 0 saturated heterocycles. The molecule has 5 heteroatoms. The van der Waals surface area contributed by atoms with Gasteiger partial charge in [-0.15, -0.1) is 11.3 Å². The van der Waals surface area contributed by atoms with E-state index in [-0.39, 0.29) is 11.4 Å². The minimum atomic E-state index is -0.429. The molecule has 4 nitrogen and oxygen atoms in total. The average Bonchev–Trinajstić information content (AvgIpc) is 2.97. The molecule has 0 fully saturated rings. The summed E-state index contributed by atoms with van der Waals surface area (Å²) < 4.78 is 4.62. The summed E-state index contributed by atoms with van der Waals surface area (Å²) in [6.45, 7) is 1.84. The summed E-state index contributed by atoms with van der Waals surface area (Å²) in [7, 11) is 1.31. The van der Waals surface area contributed by atoms with Crippen molar-refractivity contribution in [3.8, 4) is 6.07 Å². The van der Waals surface area contributed by atoms with E-state index < -0.39 is 5.97 Å². The van der Waals surface area contributed by atoms with E-state index in [9.17, 15) is 14.9 Å². The Balaban J connectivity index is 2.30. The van der Waals surface area contributed by atoms with Crippen LogP contribution in [0.2, 0.25) is 0 Å². The number of thiophene rings is 1. The Morgan fingerprint density at radius 1 is 1.23 bits per heavy atom. The highest BCUT2D eigenvalue weighted by Gasteiger charge is 2.15. The van der Waals surface area contributed by atoms with E-state index >= 15 is 0 Å². The quantitative estimate of drug-likeness (QED) is 0.374. The second-order valence-corrected chi connectivity index (χ2v) is 5.46. The number of methoxy groups -OCH3 is 1. The molecule has 1 heterocycles. The summed E-state index contributed by atoms with van der Waals surface area (Å²) in [6, 6.07) is 10.3. The van der Waals surface area contributed by atoms with E-state index in [0.29, 0.717) is 16.0 Å². The molecule has 22 heavy (non-hydrogen) atoms. The van der Waals surface area contributed by atoms with Gasteiger partial charge in [-0.05, 0) is 47.7 Å². The second-order valence-electron chi connectivity index (χ2n) is 4.55. The highest BCUT2D eigenvalue weighted by molar-refractivity contribution is 7.12. The third-order valence-electron chi connectivity index (χ3n) is 3.08. The summed E-state index contributed by atoms with van der Waals surface area (Å²) in [4.78, 5) is 24.3. The lowest BCUT2D eigenvalue weighted by Crippen LogP contribution is -2.02. The number of ether oxygens (including phenoxy) is 1. The Morgan fingerprint density at radius 2 is 1.91 bits per heavy atom. The highest BCUT2D eigenvalue weighted by Crippen LogP contribution is 2.21. The Bertz CT molecular complexity index is 779. The number of ketones is 1. The molecule has 0 aliphatic rings. The van der Waals surface area contributed by atoms with Gasteiger partial charge in [0, 0.05) is 0 Å². The average molecular weight is 311 g/mol. The van der Waals surface area contributed by atoms with Crippen LogP contribution in [0.4, 0.5) is 0 Å². The van der Waals surface area contributed by atoms with Gasteiger partial charge in [-0.3, -0.25) is 4.79 Å². The predicted octanol–water partition coefficient (Wildman–Crippen LogP) is 3.63. The number of Topliss-reactive ketones (excluding diaryl/α,β-unsaturated/α-hetero) is 1. The summed E-state index contributed by atoms with van der Waals surface area (Å²) in [5.41, 5.74) is 2.01. The topological polar surface area (TPSA) is 67.2 Å². The van der Waals surface area contributed by atoms with E-state index in [2.05, 4.69) is 4.74 Å². The zero-order valence-electron chi connectivity index (χ0n) is 12.1. The van der Waals surface area contributed by atoms with E-state index in [1.165, 1.54) is 24.5 Å². The molecule has 0 atom stereocenters. The van der Waals surface area contributed by atoms with E-state index in [1.54, 1.807) is 24.3 Å². The Kier molecular flexibility index (Phi) is 4.87. The van der Waals surface area contributed by atoms with Crippen LogP contribution < -0.4 is 0 Å². The van der Waals surface area contributed by atoms with Crippen LogP contribution in [0.1, 0.15) is 31.2 Å². The van der Waals surface area contributed by atoms with Gasteiger partial charge in [0.25, 0.3) is 0 Å². The van der Waals surface area contributed by atoms with Crippen molar-refractivity contribution >= 4 is 29.2 Å². The van der Waals surface area contributed by atoms with Crippen molar-refractivity contribution in [1.29, 1.82) is 5.26 Å². The van der Waals surface area contributed by atoms with Crippen LogP contribution in [0.25, 0.3) is 6.08 Å². The molecule has 0 aliphatic heterocycles. The number of rotatable bonds is 4. The fraction of sp³-hybridized carbons (Fsp3) is 0.118. The van der Waals surface area contributed by atoms with Crippen molar-refractivity contribution in [2.45, 2.75) is 6.92 Å². The van der Waals surface area contributed by atoms with Crippen LogP contribution in [-0.4, -0.2) is 18.9 Å². The largest absolute Gasteiger partial charge is 0.465 e. The lowest BCUT2D eigenvalue weighted by molar-refractivity contribution is 0.0600. The van der Waals surface area contributed by atoms with E-state index in [1.807, 2.05) is 24.4 Å². The maximum absolute atomic E-state index is 12.3. The van der Waals surface area contributed by atoms with Gasteiger partial charge in [0.1, 0.15) is 11.6 Å². The van der Waals surface area contributed by atoms with Crippen molar-refractivity contribution in [3.05, 3.63) is 62.9 Å². The lowest BCUT2D eigenvalue weighted by atomic mass is 10.0. The number of allylic oxidation sites excluding steroid dienone is 1. The van der Waals surface area contributed by atoms with E-state index in [4.69, 9.17) is 0 Å². The molecule has 0 spiro atoms. The number of hydrogen-bond acceptors (Lipinski definition) is 5. The molecule has 0 unspecified atom stereocenters. The number of nitriles is 1. The Hall–Kier alpha value is -2.71. The van der Waals surface area contributed by atoms with Gasteiger partial charge in [-0.1, -0.05) is 12.1 Å². The van der Waals surface area contributed by atoms with Crippen molar-refractivity contribution in [3.63, 3.8) is 0 Å². The molecule has 0 saturated carbocycles. The lowest BCUT2D eigenvalue weighted by Gasteiger charge is -2.01. The number of benzene rings is 1.